The summed E-state index contributed by atoms with van der Waals surface area (Å²) >= 11 is 1.60. The highest BCUT2D eigenvalue weighted by Crippen LogP contribution is 2.44. The number of oxazole rings is 1. The molecular formula is C17H20N2O2S. The number of carbonyl (C=O) groups excluding carboxylic acids is 1. The summed E-state index contributed by atoms with van der Waals surface area (Å²) < 4.78 is 5.70. The molecule has 2 aliphatic rings. The summed E-state index contributed by atoms with van der Waals surface area (Å²) in [5.41, 5.74) is 0.756. The van der Waals surface area contributed by atoms with Crippen molar-refractivity contribution >= 4 is 17.2 Å². The van der Waals surface area contributed by atoms with Gasteiger partial charge in [-0.3, -0.25) is 4.79 Å². The molecule has 2 fully saturated rings. The van der Waals surface area contributed by atoms with E-state index in [9.17, 15) is 4.79 Å². The monoisotopic (exact) mass is 316 g/mol. The molecule has 2 aliphatic carbocycles. The quantitative estimate of drug-likeness (QED) is 0.886. The molecule has 0 unspecified atom stereocenters. The van der Waals surface area contributed by atoms with E-state index in [4.69, 9.17) is 4.42 Å². The van der Waals surface area contributed by atoms with E-state index in [1.807, 2.05) is 24.4 Å². The second-order valence-electron chi connectivity index (χ2n) is 6.44. The van der Waals surface area contributed by atoms with Crippen molar-refractivity contribution in [2.75, 3.05) is 0 Å². The van der Waals surface area contributed by atoms with Gasteiger partial charge in [0.15, 0.2) is 0 Å². The van der Waals surface area contributed by atoms with E-state index < -0.39 is 0 Å². The number of nitrogens with one attached hydrogen (secondary N) is 1. The molecule has 2 aromatic heterocycles. The Bertz CT molecular complexity index is 657. The molecule has 22 heavy (non-hydrogen) atoms. The molecule has 2 saturated carbocycles. The number of nitrogens with zero attached hydrogens (tertiary/aromatic N) is 1. The van der Waals surface area contributed by atoms with Gasteiger partial charge >= 0.3 is 0 Å². The van der Waals surface area contributed by atoms with Gasteiger partial charge in [-0.1, -0.05) is 6.07 Å². The Hall–Kier alpha value is -1.62. The normalized spacial score (nSPS) is 17.9. The highest BCUT2D eigenvalue weighted by molar-refractivity contribution is 7.13. The summed E-state index contributed by atoms with van der Waals surface area (Å²) in [7, 11) is 0. The SMILES string of the molecule is Cc1oc(-c2cccs2)nc1CC(=O)NC(C1CC1)C1CC1. The van der Waals surface area contributed by atoms with E-state index >= 15 is 0 Å². The molecule has 2 heterocycles. The zero-order valence-electron chi connectivity index (χ0n) is 12.7. The standard InChI is InChI=1S/C17H20N2O2S/c1-10-13(18-17(21-10)14-3-2-8-22-14)9-15(20)19-16(11-4-5-11)12-6-7-12/h2-3,8,11-12,16H,4-7,9H2,1H3,(H,19,20). The van der Waals surface area contributed by atoms with Crippen molar-refractivity contribution in [1.29, 1.82) is 0 Å². The minimum atomic E-state index is 0.0814. The summed E-state index contributed by atoms with van der Waals surface area (Å²) in [6.07, 6.45) is 5.40. The minimum Gasteiger partial charge on any atom is -0.440 e. The van der Waals surface area contributed by atoms with E-state index in [-0.39, 0.29) is 5.91 Å². The van der Waals surface area contributed by atoms with E-state index in [0.717, 1.165) is 28.2 Å². The third-order valence-electron chi connectivity index (χ3n) is 4.54. The van der Waals surface area contributed by atoms with E-state index in [1.54, 1.807) is 11.3 Å². The highest BCUT2D eigenvalue weighted by Gasteiger charge is 2.42. The fraction of sp³-hybridized carbons (Fsp3) is 0.529. The van der Waals surface area contributed by atoms with E-state index in [2.05, 4.69) is 10.3 Å². The third kappa shape index (κ3) is 2.95. The maximum atomic E-state index is 12.3. The Labute approximate surface area is 133 Å². The van der Waals surface area contributed by atoms with Crippen molar-refractivity contribution in [3.63, 3.8) is 0 Å². The molecule has 0 saturated heterocycles. The smallest absolute Gasteiger partial charge is 0.236 e. The number of amides is 1. The van der Waals surface area contributed by atoms with Gasteiger partial charge < -0.3 is 9.73 Å². The molecule has 0 atom stereocenters. The number of thiophene rings is 1. The lowest BCUT2D eigenvalue weighted by Crippen LogP contribution is -2.39. The number of aryl methyl sites for hydroxylation is 1. The Morgan fingerprint density at radius 1 is 1.41 bits per heavy atom. The van der Waals surface area contributed by atoms with Crippen LogP contribution in [0.3, 0.4) is 0 Å². The Morgan fingerprint density at radius 2 is 2.14 bits per heavy atom. The van der Waals surface area contributed by atoms with Crippen molar-refractivity contribution < 1.29 is 9.21 Å². The van der Waals surface area contributed by atoms with Crippen LogP contribution < -0.4 is 5.32 Å². The van der Waals surface area contributed by atoms with Gasteiger partial charge in [-0.05, 0) is 55.9 Å². The lowest BCUT2D eigenvalue weighted by atomic mass is 10.1. The van der Waals surface area contributed by atoms with Gasteiger partial charge in [0.25, 0.3) is 0 Å². The van der Waals surface area contributed by atoms with Gasteiger partial charge in [-0.25, -0.2) is 4.98 Å². The maximum Gasteiger partial charge on any atom is 0.236 e. The number of hydrogen-bond donors (Lipinski definition) is 1. The van der Waals surface area contributed by atoms with Gasteiger partial charge in [0, 0.05) is 6.04 Å². The van der Waals surface area contributed by atoms with Crippen LogP contribution in [0.15, 0.2) is 21.9 Å². The van der Waals surface area contributed by atoms with Crippen molar-refractivity contribution in [2.45, 2.75) is 45.1 Å². The molecule has 4 nitrogen and oxygen atoms in total. The summed E-state index contributed by atoms with van der Waals surface area (Å²) in [6.45, 7) is 1.88. The third-order valence-corrected chi connectivity index (χ3v) is 5.40. The molecule has 116 valence electrons. The van der Waals surface area contributed by atoms with Crippen LogP contribution in [-0.4, -0.2) is 16.9 Å². The molecule has 0 bridgehead atoms. The molecule has 0 radical (unpaired) electrons. The molecule has 1 amide bonds. The van der Waals surface area contributed by atoms with Gasteiger partial charge in [0.1, 0.15) is 5.76 Å². The predicted octanol–water partition coefficient (Wildman–Crippen LogP) is 3.56. The average Bonchev–Trinajstić information content (AvgIpc) is 3.41. The van der Waals surface area contributed by atoms with E-state index in [0.29, 0.717) is 18.4 Å². The van der Waals surface area contributed by atoms with Crippen LogP contribution >= 0.6 is 11.3 Å². The molecule has 1 N–H and O–H groups in total. The maximum absolute atomic E-state index is 12.3. The first kappa shape index (κ1) is 14.0. The lowest BCUT2D eigenvalue weighted by molar-refractivity contribution is -0.121. The molecule has 2 aromatic rings. The summed E-state index contributed by atoms with van der Waals surface area (Å²) in [4.78, 5) is 17.9. The van der Waals surface area contributed by atoms with Crippen molar-refractivity contribution in [2.24, 2.45) is 11.8 Å². The second kappa shape index (κ2) is 5.54. The highest BCUT2D eigenvalue weighted by atomic mass is 32.1. The van der Waals surface area contributed by atoms with Crippen LogP contribution in [0.25, 0.3) is 10.8 Å². The second-order valence-corrected chi connectivity index (χ2v) is 7.39. The molecule has 4 rings (SSSR count). The summed E-state index contributed by atoms with van der Waals surface area (Å²) in [5.74, 6) is 2.88. The van der Waals surface area contributed by atoms with Crippen LogP contribution in [0.2, 0.25) is 0 Å². The summed E-state index contributed by atoms with van der Waals surface area (Å²) in [5, 5.41) is 5.24. The first-order valence-electron chi connectivity index (χ1n) is 8.00. The summed E-state index contributed by atoms with van der Waals surface area (Å²) in [6, 6.07) is 4.36. The number of aromatic nitrogens is 1. The van der Waals surface area contributed by atoms with Gasteiger partial charge in [-0.2, -0.15) is 0 Å². The van der Waals surface area contributed by atoms with Crippen LogP contribution in [0, 0.1) is 18.8 Å². The molecule has 5 heteroatoms. The zero-order valence-corrected chi connectivity index (χ0v) is 13.5. The van der Waals surface area contributed by atoms with Gasteiger partial charge in [-0.15, -0.1) is 11.3 Å². The fourth-order valence-electron chi connectivity index (χ4n) is 3.02. The lowest BCUT2D eigenvalue weighted by Gasteiger charge is -2.17. The largest absolute Gasteiger partial charge is 0.440 e. The Morgan fingerprint density at radius 3 is 2.73 bits per heavy atom. The number of carbonyl (C=O) groups is 1. The van der Waals surface area contributed by atoms with Crippen LogP contribution in [0.5, 0.6) is 0 Å². The van der Waals surface area contributed by atoms with Crippen molar-refractivity contribution in [3.8, 4) is 10.8 Å². The first-order chi connectivity index (χ1) is 10.7. The van der Waals surface area contributed by atoms with Crippen LogP contribution in [-0.2, 0) is 11.2 Å². The van der Waals surface area contributed by atoms with Crippen LogP contribution in [0.4, 0.5) is 0 Å². The zero-order chi connectivity index (χ0) is 15.1. The molecule has 0 aliphatic heterocycles. The predicted molar refractivity (Wildman–Crippen MR) is 85.6 cm³/mol. The number of rotatable bonds is 6. The van der Waals surface area contributed by atoms with E-state index in [1.165, 1.54) is 25.7 Å². The molecule has 0 aromatic carbocycles. The molecular weight excluding hydrogens is 296 g/mol. The van der Waals surface area contributed by atoms with Crippen LogP contribution in [0.1, 0.15) is 37.1 Å². The Kier molecular flexibility index (Phi) is 3.53. The van der Waals surface area contributed by atoms with Gasteiger partial charge in [0.05, 0.1) is 17.0 Å². The minimum absolute atomic E-state index is 0.0814. The van der Waals surface area contributed by atoms with Crippen molar-refractivity contribution in [1.82, 2.24) is 10.3 Å². The van der Waals surface area contributed by atoms with Gasteiger partial charge in [0.2, 0.25) is 11.8 Å². The topological polar surface area (TPSA) is 55.1 Å². The molecule has 0 spiro atoms. The van der Waals surface area contributed by atoms with Crippen molar-refractivity contribution in [3.05, 3.63) is 29.0 Å². The number of hydrogen-bond acceptors (Lipinski definition) is 4. The fourth-order valence-corrected chi connectivity index (χ4v) is 3.67. The average molecular weight is 316 g/mol. The Balaban J connectivity index is 1.43. The first-order valence-corrected chi connectivity index (χ1v) is 8.88.